The fourth-order valence-corrected chi connectivity index (χ4v) is 2.61. The van der Waals surface area contributed by atoms with E-state index in [2.05, 4.69) is 4.98 Å². The third kappa shape index (κ3) is 2.82. The van der Waals surface area contributed by atoms with Gasteiger partial charge in [-0.05, 0) is 25.0 Å². The largest absolute Gasteiger partial charge is 0.391 e. The van der Waals surface area contributed by atoms with Crippen LogP contribution in [0.5, 0.6) is 0 Å². The number of halogens is 1. The van der Waals surface area contributed by atoms with E-state index in [0.29, 0.717) is 10.7 Å². The summed E-state index contributed by atoms with van der Waals surface area (Å²) >= 11 is 5.78. The lowest BCUT2D eigenvalue weighted by molar-refractivity contribution is 0.0268. The van der Waals surface area contributed by atoms with Crippen molar-refractivity contribution in [1.29, 1.82) is 0 Å². The van der Waals surface area contributed by atoms with E-state index < -0.39 is 6.10 Å². The summed E-state index contributed by atoms with van der Waals surface area (Å²) in [5.41, 5.74) is 0.510. The summed E-state index contributed by atoms with van der Waals surface area (Å²) in [6, 6.07) is 3.09. The van der Waals surface area contributed by atoms with Crippen LogP contribution in [-0.4, -0.2) is 40.1 Å². The first kappa shape index (κ1) is 13.3. The van der Waals surface area contributed by atoms with Crippen molar-refractivity contribution in [3.05, 3.63) is 29.0 Å². The van der Waals surface area contributed by atoms with Crippen molar-refractivity contribution in [1.82, 2.24) is 9.88 Å². The lowest BCUT2D eigenvalue weighted by Crippen LogP contribution is -2.46. The molecule has 98 valence electrons. The highest BCUT2D eigenvalue weighted by molar-refractivity contribution is 6.29. The fraction of sp³-hybridized carbons (Fsp3) is 0.538. The molecule has 5 heteroatoms. The molecule has 1 aromatic heterocycles. The molecular weight excluding hydrogens is 252 g/mol. The second kappa shape index (κ2) is 5.67. The number of rotatable bonds is 2. The van der Waals surface area contributed by atoms with Crippen molar-refractivity contribution in [2.24, 2.45) is 0 Å². The van der Waals surface area contributed by atoms with E-state index in [1.54, 1.807) is 24.1 Å². The van der Waals surface area contributed by atoms with Crippen LogP contribution in [0.15, 0.2) is 18.3 Å². The predicted molar refractivity (Wildman–Crippen MR) is 69.6 cm³/mol. The molecule has 1 N–H and O–H groups in total. The standard InChI is InChI=1S/C13H17ClN2O2/c1-16(10-4-2-3-5-11(10)17)13(18)9-6-7-15-12(14)8-9/h6-8,10-11,17H,2-5H2,1H3. The van der Waals surface area contributed by atoms with Crippen LogP contribution in [0.4, 0.5) is 0 Å². The van der Waals surface area contributed by atoms with E-state index in [0.717, 1.165) is 25.7 Å². The van der Waals surface area contributed by atoms with E-state index in [1.165, 1.54) is 6.20 Å². The lowest BCUT2D eigenvalue weighted by Gasteiger charge is -2.35. The van der Waals surface area contributed by atoms with Crippen molar-refractivity contribution in [3.63, 3.8) is 0 Å². The zero-order chi connectivity index (χ0) is 13.1. The molecule has 1 saturated carbocycles. The average Bonchev–Trinajstić information content (AvgIpc) is 2.37. The molecule has 0 spiro atoms. The Morgan fingerprint density at radius 1 is 1.50 bits per heavy atom. The molecule has 0 saturated heterocycles. The van der Waals surface area contributed by atoms with Gasteiger partial charge in [0.25, 0.3) is 5.91 Å². The number of hydrogen-bond donors (Lipinski definition) is 1. The van der Waals surface area contributed by atoms with Gasteiger partial charge < -0.3 is 10.0 Å². The van der Waals surface area contributed by atoms with Gasteiger partial charge in [-0.15, -0.1) is 0 Å². The van der Waals surface area contributed by atoms with Crippen LogP contribution in [0.1, 0.15) is 36.0 Å². The quantitative estimate of drug-likeness (QED) is 0.836. The van der Waals surface area contributed by atoms with Crippen LogP contribution in [-0.2, 0) is 0 Å². The molecule has 0 radical (unpaired) electrons. The molecule has 18 heavy (non-hydrogen) atoms. The van der Waals surface area contributed by atoms with Crippen LogP contribution in [0.3, 0.4) is 0 Å². The molecule has 0 aliphatic heterocycles. The topological polar surface area (TPSA) is 53.4 Å². The van der Waals surface area contributed by atoms with Gasteiger partial charge in [0.05, 0.1) is 12.1 Å². The Labute approximate surface area is 112 Å². The van der Waals surface area contributed by atoms with Gasteiger partial charge in [0.2, 0.25) is 0 Å². The maximum absolute atomic E-state index is 12.3. The number of likely N-dealkylation sites (N-methyl/N-ethyl adjacent to an activating group) is 1. The maximum Gasteiger partial charge on any atom is 0.254 e. The van der Waals surface area contributed by atoms with E-state index in [1.807, 2.05) is 0 Å². The molecule has 1 amide bonds. The Balaban J connectivity index is 2.13. The third-order valence-corrected chi connectivity index (χ3v) is 3.69. The maximum atomic E-state index is 12.3. The van der Waals surface area contributed by atoms with E-state index in [4.69, 9.17) is 11.6 Å². The van der Waals surface area contributed by atoms with Gasteiger partial charge in [0.15, 0.2) is 0 Å². The minimum atomic E-state index is -0.426. The Bertz CT molecular complexity index is 439. The number of aliphatic hydroxyl groups is 1. The SMILES string of the molecule is CN(C(=O)c1ccnc(Cl)c1)C1CCCCC1O. The summed E-state index contributed by atoms with van der Waals surface area (Å²) in [6.07, 6.45) is 4.78. The second-order valence-corrected chi connectivity index (χ2v) is 5.09. The van der Waals surface area contributed by atoms with Crippen molar-refractivity contribution in [2.75, 3.05) is 7.05 Å². The molecule has 1 heterocycles. The smallest absolute Gasteiger partial charge is 0.254 e. The van der Waals surface area contributed by atoms with E-state index in [9.17, 15) is 9.90 Å². The zero-order valence-electron chi connectivity index (χ0n) is 10.3. The third-order valence-electron chi connectivity index (χ3n) is 3.49. The van der Waals surface area contributed by atoms with Crippen molar-refractivity contribution < 1.29 is 9.90 Å². The number of carbonyl (C=O) groups is 1. The van der Waals surface area contributed by atoms with Gasteiger partial charge in [-0.1, -0.05) is 24.4 Å². The lowest BCUT2D eigenvalue weighted by atomic mass is 9.91. The highest BCUT2D eigenvalue weighted by atomic mass is 35.5. The summed E-state index contributed by atoms with van der Waals surface area (Å²) in [5.74, 6) is -0.120. The Morgan fingerprint density at radius 2 is 2.22 bits per heavy atom. The van der Waals surface area contributed by atoms with Gasteiger partial charge >= 0.3 is 0 Å². The molecular formula is C13H17ClN2O2. The number of amides is 1. The number of nitrogens with zero attached hydrogens (tertiary/aromatic N) is 2. The fourth-order valence-electron chi connectivity index (χ4n) is 2.43. The highest BCUT2D eigenvalue weighted by Crippen LogP contribution is 2.23. The van der Waals surface area contributed by atoms with Crippen LogP contribution >= 0.6 is 11.6 Å². The molecule has 2 atom stereocenters. The van der Waals surface area contributed by atoms with Crippen molar-refractivity contribution >= 4 is 17.5 Å². The highest BCUT2D eigenvalue weighted by Gasteiger charge is 2.29. The number of hydrogen-bond acceptors (Lipinski definition) is 3. The molecule has 1 aliphatic carbocycles. The molecule has 0 bridgehead atoms. The summed E-state index contributed by atoms with van der Waals surface area (Å²) in [5, 5.41) is 10.3. The summed E-state index contributed by atoms with van der Waals surface area (Å²) < 4.78 is 0. The molecule has 4 nitrogen and oxygen atoms in total. The number of aromatic nitrogens is 1. The summed E-state index contributed by atoms with van der Waals surface area (Å²) in [4.78, 5) is 17.7. The van der Waals surface area contributed by atoms with Crippen molar-refractivity contribution in [2.45, 2.75) is 37.8 Å². The van der Waals surface area contributed by atoms with Gasteiger partial charge in [-0.25, -0.2) is 4.98 Å². The second-order valence-electron chi connectivity index (χ2n) is 4.70. The molecule has 2 unspecified atom stereocenters. The van der Waals surface area contributed by atoms with Crippen LogP contribution in [0, 0.1) is 0 Å². The molecule has 0 aromatic carbocycles. The summed E-state index contributed by atoms with van der Waals surface area (Å²) in [6.45, 7) is 0. The number of aliphatic hydroxyl groups excluding tert-OH is 1. The number of carbonyl (C=O) groups excluding carboxylic acids is 1. The first-order valence-corrected chi connectivity index (χ1v) is 6.54. The van der Waals surface area contributed by atoms with Gasteiger partial charge in [0, 0.05) is 18.8 Å². The molecule has 1 aromatic rings. The normalized spacial score (nSPS) is 23.7. The Morgan fingerprint density at radius 3 is 2.89 bits per heavy atom. The monoisotopic (exact) mass is 268 g/mol. The first-order valence-electron chi connectivity index (χ1n) is 6.16. The predicted octanol–water partition coefficient (Wildman–Crippen LogP) is 2.11. The van der Waals surface area contributed by atoms with Crippen LogP contribution in [0.2, 0.25) is 5.15 Å². The minimum Gasteiger partial charge on any atom is -0.391 e. The van der Waals surface area contributed by atoms with Crippen LogP contribution < -0.4 is 0 Å². The first-order chi connectivity index (χ1) is 8.59. The Kier molecular flexibility index (Phi) is 4.19. The van der Waals surface area contributed by atoms with Crippen molar-refractivity contribution in [3.8, 4) is 0 Å². The van der Waals surface area contributed by atoms with Gasteiger partial charge in [-0.2, -0.15) is 0 Å². The average molecular weight is 269 g/mol. The van der Waals surface area contributed by atoms with E-state index >= 15 is 0 Å². The molecule has 2 rings (SSSR count). The van der Waals surface area contributed by atoms with Crippen LogP contribution in [0.25, 0.3) is 0 Å². The molecule has 1 aliphatic rings. The summed E-state index contributed by atoms with van der Waals surface area (Å²) in [7, 11) is 1.73. The van der Waals surface area contributed by atoms with Gasteiger partial charge in [0.1, 0.15) is 5.15 Å². The van der Waals surface area contributed by atoms with Gasteiger partial charge in [-0.3, -0.25) is 4.79 Å². The number of pyridine rings is 1. The Hall–Kier alpha value is -1.13. The minimum absolute atomic E-state index is 0.0989. The zero-order valence-corrected chi connectivity index (χ0v) is 11.1. The van der Waals surface area contributed by atoms with E-state index in [-0.39, 0.29) is 11.9 Å². The molecule has 1 fully saturated rings.